The average Bonchev–Trinajstić information content (AvgIpc) is 3.71. The first-order chi connectivity index (χ1) is 17.7. The van der Waals surface area contributed by atoms with Crippen LogP contribution in [0.15, 0.2) is 91.0 Å². The van der Waals surface area contributed by atoms with Crippen LogP contribution in [0.2, 0.25) is 5.02 Å². The number of nitrogens with zero attached hydrogens (tertiary/aromatic N) is 5. The third-order valence-corrected chi connectivity index (χ3v) is 7.10. The smallest absolute Gasteiger partial charge is 0.225 e. The standard InChI is InChI=1S/C26H22ClN5O3S/c27-20-3-1-4-21(13-20)32-24(10-11-29-32)19-6-8-22(9-7-19)33-14-23-15-34-26(35-23,25-5-2-12-36-25)16-31-18-28-17-30-31/h1-13,17-18,23H,14-16H2. The molecule has 0 amide bonds. The molecule has 0 bridgehead atoms. The number of aromatic nitrogens is 5. The highest BCUT2D eigenvalue weighted by Gasteiger charge is 2.45. The fraction of sp³-hybridized carbons (Fsp3) is 0.192. The molecule has 5 aromatic rings. The molecule has 1 fully saturated rings. The lowest BCUT2D eigenvalue weighted by molar-refractivity contribution is -0.188. The molecule has 0 saturated carbocycles. The van der Waals surface area contributed by atoms with Gasteiger partial charge in [-0.15, -0.1) is 11.3 Å². The Morgan fingerprint density at radius 3 is 2.78 bits per heavy atom. The summed E-state index contributed by atoms with van der Waals surface area (Å²) in [6.07, 6.45) is 4.71. The maximum atomic E-state index is 6.40. The quantitative estimate of drug-likeness (QED) is 0.281. The van der Waals surface area contributed by atoms with Gasteiger partial charge in [0.2, 0.25) is 5.79 Å². The van der Waals surface area contributed by atoms with E-state index in [4.69, 9.17) is 25.8 Å². The number of hydrogen-bond donors (Lipinski definition) is 0. The van der Waals surface area contributed by atoms with Crippen LogP contribution in [0, 0.1) is 0 Å². The van der Waals surface area contributed by atoms with Gasteiger partial charge in [-0.05, 0) is 60.0 Å². The Kier molecular flexibility index (Phi) is 6.28. The Morgan fingerprint density at radius 1 is 1.08 bits per heavy atom. The fourth-order valence-corrected chi connectivity index (χ4v) is 5.20. The Bertz CT molecular complexity index is 1420. The Labute approximate surface area is 216 Å². The molecule has 1 aliphatic rings. The Balaban J connectivity index is 1.13. The maximum Gasteiger partial charge on any atom is 0.225 e. The molecule has 4 heterocycles. The molecule has 0 N–H and O–H groups in total. The summed E-state index contributed by atoms with van der Waals surface area (Å²) in [4.78, 5) is 5.02. The second kappa shape index (κ2) is 9.87. The van der Waals surface area contributed by atoms with Gasteiger partial charge in [0.1, 0.15) is 37.7 Å². The van der Waals surface area contributed by atoms with E-state index < -0.39 is 5.79 Å². The minimum absolute atomic E-state index is 0.223. The predicted octanol–water partition coefficient (Wildman–Crippen LogP) is 5.19. The zero-order valence-electron chi connectivity index (χ0n) is 19.1. The molecular formula is C26H22ClN5O3S. The lowest BCUT2D eigenvalue weighted by Gasteiger charge is -2.26. The number of ether oxygens (including phenoxy) is 3. The molecule has 8 nitrogen and oxygen atoms in total. The predicted molar refractivity (Wildman–Crippen MR) is 136 cm³/mol. The van der Waals surface area contributed by atoms with E-state index >= 15 is 0 Å². The normalized spacial score (nSPS) is 19.5. The van der Waals surface area contributed by atoms with Gasteiger partial charge in [-0.3, -0.25) is 0 Å². The second-order valence-corrected chi connectivity index (χ2v) is 9.70. The van der Waals surface area contributed by atoms with Gasteiger partial charge in [-0.1, -0.05) is 23.7 Å². The molecule has 0 spiro atoms. The molecule has 10 heteroatoms. The highest BCUT2D eigenvalue weighted by molar-refractivity contribution is 7.10. The molecular weight excluding hydrogens is 498 g/mol. The molecule has 36 heavy (non-hydrogen) atoms. The Morgan fingerprint density at radius 2 is 2.00 bits per heavy atom. The summed E-state index contributed by atoms with van der Waals surface area (Å²) < 4.78 is 22.2. The van der Waals surface area contributed by atoms with Crippen LogP contribution in [-0.2, 0) is 21.8 Å². The van der Waals surface area contributed by atoms with Crippen molar-refractivity contribution in [3.05, 3.63) is 101 Å². The maximum absolute atomic E-state index is 6.40. The van der Waals surface area contributed by atoms with Crippen molar-refractivity contribution in [1.82, 2.24) is 24.5 Å². The molecule has 0 radical (unpaired) electrons. The van der Waals surface area contributed by atoms with Crippen LogP contribution in [0.1, 0.15) is 4.88 Å². The third kappa shape index (κ3) is 4.66. The number of rotatable bonds is 8. The summed E-state index contributed by atoms with van der Waals surface area (Å²) in [6.45, 7) is 1.20. The van der Waals surface area contributed by atoms with E-state index in [9.17, 15) is 0 Å². The lowest BCUT2D eigenvalue weighted by Crippen LogP contribution is -2.33. The molecule has 6 rings (SSSR count). The minimum atomic E-state index is -0.904. The van der Waals surface area contributed by atoms with Crippen molar-refractivity contribution in [3.8, 4) is 22.7 Å². The van der Waals surface area contributed by atoms with Gasteiger partial charge >= 0.3 is 0 Å². The van der Waals surface area contributed by atoms with Crippen LogP contribution in [0.3, 0.4) is 0 Å². The highest BCUT2D eigenvalue weighted by Crippen LogP contribution is 2.38. The highest BCUT2D eigenvalue weighted by atomic mass is 35.5. The van der Waals surface area contributed by atoms with E-state index in [0.29, 0.717) is 24.8 Å². The first-order valence-corrected chi connectivity index (χ1v) is 12.7. The van der Waals surface area contributed by atoms with Gasteiger partial charge in [0.25, 0.3) is 0 Å². The van der Waals surface area contributed by atoms with E-state index in [0.717, 1.165) is 27.6 Å². The van der Waals surface area contributed by atoms with Crippen molar-refractivity contribution in [2.45, 2.75) is 18.4 Å². The summed E-state index contributed by atoms with van der Waals surface area (Å²) in [5, 5.41) is 11.4. The van der Waals surface area contributed by atoms with Crippen LogP contribution in [-0.4, -0.2) is 43.9 Å². The van der Waals surface area contributed by atoms with Crippen molar-refractivity contribution in [1.29, 1.82) is 0 Å². The molecule has 2 unspecified atom stereocenters. The monoisotopic (exact) mass is 519 g/mol. The van der Waals surface area contributed by atoms with E-state index in [1.165, 1.54) is 6.33 Å². The van der Waals surface area contributed by atoms with Gasteiger partial charge in [0, 0.05) is 10.6 Å². The van der Waals surface area contributed by atoms with Crippen LogP contribution in [0.5, 0.6) is 5.75 Å². The summed E-state index contributed by atoms with van der Waals surface area (Å²) in [7, 11) is 0. The van der Waals surface area contributed by atoms with Crippen molar-refractivity contribution in [2.24, 2.45) is 0 Å². The number of thiophene rings is 1. The van der Waals surface area contributed by atoms with Crippen LogP contribution in [0.4, 0.5) is 0 Å². The van der Waals surface area contributed by atoms with Gasteiger partial charge in [-0.25, -0.2) is 14.3 Å². The third-order valence-electron chi connectivity index (χ3n) is 5.87. The van der Waals surface area contributed by atoms with Crippen molar-refractivity contribution >= 4 is 22.9 Å². The van der Waals surface area contributed by atoms with Crippen molar-refractivity contribution in [2.75, 3.05) is 13.2 Å². The van der Waals surface area contributed by atoms with Gasteiger partial charge < -0.3 is 14.2 Å². The first kappa shape index (κ1) is 22.9. The summed E-state index contributed by atoms with van der Waals surface area (Å²) >= 11 is 7.76. The lowest BCUT2D eigenvalue weighted by atomic mass is 10.1. The van der Waals surface area contributed by atoms with Gasteiger partial charge in [-0.2, -0.15) is 10.2 Å². The molecule has 1 aliphatic heterocycles. The van der Waals surface area contributed by atoms with Crippen LogP contribution < -0.4 is 4.74 Å². The molecule has 1 saturated heterocycles. The van der Waals surface area contributed by atoms with E-state index in [1.54, 1.807) is 28.5 Å². The van der Waals surface area contributed by atoms with E-state index in [2.05, 4.69) is 15.2 Å². The Hall–Kier alpha value is -3.50. The largest absolute Gasteiger partial charge is 0.491 e. The molecule has 0 aliphatic carbocycles. The van der Waals surface area contributed by atoms with E-state index in [-0.39, 0.29) is 6.10 Å². The number of benzene rings is 2. The summed E-state index contributed by atoms with van der Waals surface area (Å²) in [6, 6.07) is 21.5. The van der Waals surface area contributed by atoms with E-state index in [1.807, 2.05) is 76.8 Å². The molecule has 2 atom stereocenters. The van der Waals surface area contributed by atoms with Crippen LogP contribution >= 0.6 is 22.9 Å². The molecule has 182 valence electrons. The second-order valence-electron chi connectivity index (χ2n) is 8.32. The molecule has 2 aromatic carbocycles. The summed E-state index contributed by atoms with van der Waals surface area (Å²) in [5.74, 6) is -0.153. The number of hydrogen-bond acceptors (Lipinski definition) is 7. The van der Waals surface area contributed by atoms with Gasteiger partial charge in [0.15, 0.2) is 0 Å². The zero-order chi connectivity index (χ0) is 24.4. The van der Waals surface area contributed by atoms with Crippen LogP contribution in [0.25, 0.3) is 16.9 Å². The minimum Gasteiger partial charge on any atom is -0.491 e. The fourth-order valence-electron chi connectivity index (χ4n) is 4.21. The average molecular weight is 520 g/mol. The van der Waals surface area contributed by atoms with Gasteiger partial charge in [0.05, 0.1) is 29.1 Å². The zero-order valence-corrected chi connectivity index (χ0v) is 20.7. The summed E-state index contributed by atoms with van der Waals surface area (Å²) in [5.41, 5.74) is 2.89. The van der Waals surface area contributed by atoms with Crippen molar-refractivity contribution < 1.29 is 14.2 Å². The SMILES string of the molecule is Clc1cccc(-n2nccc2-c2ccc(OCC3COC(Cn4cncn4)(c4cccs4)O3)cc2)c1. The molecule has 3 aromatic heterocycles. The first-order valence-electron chi connectivity index (χ1n) is 11.4. The van der Waals surface area contributed by atoms with Crippen molar-refractivity contribution in [3.63, 3.8) is 0 Å². The number of halogens is 1. The topological polar surface area (TPSA) is 76.2 Å².